The van der Waals surface area contributed by atoms with Crippen LogP contribution < -0.4 is 5.32 Å². The molecule has 0 aliphatic heterocycles. The van der Waals surface area contributed by atoms with Crippen molar-refractivity contribution in [1.29, 1.82) is 0 Å². The van der Waals surface area contributed by atoms with Crippen molar-refractivity contribution in [2.75, 3.05) is 0 Å². The standard InChI is InChI=1S/C13H21N3/c1-3-11(2)14-10-12-8-9-16(15-12)13-6-4-5-7-13/h3,8-9,11,13-14H,1,4-7,10H2,2H3. The van der Waals surface area contributed by atoms with Crippen LogP contribution in [0.4, 0.5) is 0 Å². The molecule has 0 aromatic carbocycles. The van der Waals surface area contributed by atoms with Crippen molar-refractivity contribution in [3.05, 3.63) is 30.6 Å². The maximum Gasteiger partial charge on any atom is 0.0762 e. The van der Waals surface area contributed by atoms with Gasteiger partial charge in [-0.3, -0.25) is 4.68 Å². The fraction of sp³-hybridized carbons (Fsp3) is 0.615. The lowest BCUT2D eigenvalue weighted by Gasteiger charge is -2.09. The van der Waals surface area contributed by atoms with E-state index >= 15 is 0 Å². The Morgan fingerprint density at radius 3 is 3.06 bits per heavy atom. The second kappa shape index (κ2) is 5.30. The summed E-state index contributed by atoms with van der Waals surface area (Å²) in [6, 6.07) is 3.10. The van der Waals surface area contributed by atoms with E-state index < -0.39 is 0 Å². The molecular formula is C13H21N3. The zero-order chi connectivity index (χ0) is 11.4. The Kier molecular flexibility index (Phi) is 3.78. The minimum absolute atomic E-state index is 0.344. The molecular weight excluding hydrogens is 198 g/mol. The Morgan fingerprint density at radius 2 is 2.38 bits per heavy atom. The third kappa shape index (κ3) is 2.73. The van der Waals surface area contributed by atoms with Crippen molar-refractivity contribution < 1.29 is 0 Å². The van der Waals surface area contributed by atoms with Crippen LogP contribution in [-0.4, -0.2) is 15.8 Å². The fourth-order valence-corrected chi connectivity index (χ4v) is 2.19. The predicted molar refractivity (Wildman–Crippen MR) is 66.2 cm³/mol. The van der Waals surface area contributed by atoms with Gasteiger partial charge in [0.25, 0.3) is 0 Å². The van der Waals surface area contributed by atoms with Gasteiger partial charge in [-0.2, -0.15) is 5.10 Å². The molecule has 16 heavy (non-hydrogen) atoms. The van der Waals surface area contributed by atoms with Gasteiger partial charge < -0.3 is 5.32 Å². The van der Waals surface area contributed by atoms with Gasteiger partial charge in [-0.05, 0) is 25.8 Å². The Morgan fingerprint density at radius 1 is 1.62 bits per heavy atom. The first-order valence-corrected chi connectivity index (χ1v) is 6.19. The lowest BCUT2D eigenvalue weighted by molar-refractivity contribution is 0.460. The van der Waals surface area contributed by atoms with Crippen LogP contribution >= 0.6 is 0 Å². The van der Waals surface area contributed by atoms with Crippen LogP contribution in [-0.2, 0) is 6.54 Å². The molecule has 1 aromatic rings. The summed E-state index contributed by atoms with van der Waals surface area (Å²) in [5.41, 5.74) is 1.13. The third-order valence-corrected chi connectivity index (χ3v) is 3.32. The third-order valence-electron chi connectivity index (χ3n) is 3.32. The number of rotatable bonds is 5. The minimum atomic E-state index is 0.344. The topological polar surface area (TPSA) is 29.9 Å². The summed E-state index contributed by atoms with van der Waals surface area (Å²) in [6.07, 6.45) is 9.31. The molecule has 0 spiro atoms. The summed E-state index contributed by atoms with van der Waals surface area (Å²) in [6.45, 7) is 6.68. The Hall–Kier alpha value is -1.09. The average Bonchev–Trinajstić information content (AvgIpc) is 2.95. The van der Waals surface area contributed by atoms with E-state index in [0.29, 0.717) is 12.1 Å². The molecule has 0 radical (unpaired) electrons. The molecule has 1 aromatic heterocycles. The summed E-state index contributed by atoms with van der Waals surface area (Å²) in [4.78, 5) is 0. The van der Waals surface area contributed by atoms with Crippen LogP contribution in [0.5, 0.6) is 0 Å². The highest BCUT2D eigenvalue weighted by atomic mass is 15.3. The van der Waals surface area contributed by atoms with Gasteiger partial charge in [-0.15, -0.1) is 6.58 Å². The number of nitrogens with zero attached hydrogens (tertiary/aromatic N) is 2. The van der Waals surface area contributed by atoms with Crippen molar-refractivity contribution in [2.45, 2.75) is 51.2 Å². The molecule has 1 fully saturated rings. The predicted octanol–water partition coefficient (Wildman–Crippen LogP) is 2.66. The molecule has 1 atom stereocenters. The highest BCUT2D eigenvalue weighted by Gasteiger charge is 2.17. The average molecular weight is 219 g/mol. The van der Waals surface area contributed by atoms with E-state index in [4.69, 9.17) is 0 Å². The van der Waals surface area contributed by atoms with Crippen LogP contribution in [0, 0.1) is 0 Å². The Bertz CT molecular complexity index is 337. The lowest BCUT2D eigenvalue weighted by atomic mass is 10.3. The first-order valence-electron chi connectivity index (χ1n) is 6.19. The van der Waals surface area contributed by atoms with Crippen LogP contribution in [0.2, 0.25) is 0 Å². The normalized spacial score (nSPS) is 18.8. The van der Waals surface area contributed by atoms with Crippen molar-refractivity contribution in [3.8, 4) is 0 Å². The Balaban J connectivity index is 1.89. The fourth-order valence-electron chi connectivity index (χ4n) is 2.19. The Labute approximate surface area is 97.5 Å². The molecule has 1 heterocycles. The van der Waals surface area contributed by atoms with E-state index in [1.807, 2.05) is 6.08 Å². The highest BCUT2D eigenvalue weighted by Crippen LogP contribution is 2.28. The first kappa shape index (κ1) is 11.4. The van der Waals surface area contributed by atoms with E-state index in [9.17, 15) is 0 Å². The number of hydrogen-bond donors (Lipinski definition) is 1. The number of aromatic nitrogens is 2. The van der Waals surface area contributed by atoms with Gasteiger partial charge in [0.1, 0.15) is 0 Å². The zero-order valence-corrected chi connectivity index (χ0v) is 10.0. The van der Waals surface area contributed by atoms with Gasteiger partial charge in [-0.1, -0.05) is 18.9 Å². The first-order chi connectivity index (χ1) is 7.79. The van der Waals surface area contributed by atoms with Gasteiger partial charge in [0.05, 0.1) is 11.7 Å². The second-order valence-corrected chi connectivity index (χ2v) is 4.63. The number of hydrogen-bond acceptors (Lipinski definition) is 2. The summed E-state index contributed by atoms with van der Waals surface area (Å²) in [7, 11) is 0. The monoisotopic (exact) mass is 219 g/mol. The maximum atomic E-state index is 4.62. The van der Waals surface area contributed by atoms with Crippen molar-refractivity contribution >= 4 is 0 Å². The number of nitrogens with one attached hydrogen (secondary N) is 1. The van der Waals surface area contributed by atoms with E-state index in [2.05, 4.69) is 40.9 Å². The van der Waals surface area contributed by atoms with Crippen LogP contribution in [0.25, 0.3) is 0 Å². The van der Waals surface area contributed by atoms with Crippen molar-refractivity contribution in [3.63, 3.8) is 0 Å². The molecule has 0 bridgehead atoms. The molecule has 0 amide bonds. The molecule has 1 aliphatic rings. The van der Waals surface area contributed by atoms with Gasteiger partial charge in [0.15, 0.2) is 0 Å². The molecule has 0 saturated heterocycles. The highest BCUT2D eigenvalue weighted by molar-refractivity contribution is 5.00. The van der Waals surface area contributed by atoms with Crippen molar-refractivity contribution in [1.82, 2.24) is 15.1 Å². The summed E-state index contributed by atoms with van der Waals surface area (Å²) >= 11 is 0. The molecule has 1 aliphatic carbocycles. The quantitative estimate of drug-likeness (QED) is 0.772. The molecule has 88 valence electrons. The van der Waals surface area contributed by atoms with Crippen LogP contribution in [0.15, 0.2) is 24.9 Å². The van der Waals surface area contributed by atoms with Crippen LogP contribution in [0.1, 0.15) is 44.3 Å². The van der Waals surface area contributed by atoms with E-state index in [0.717, 1.165) is 12.2 Å². The molecule has 1 unspecified atom stereocenters. The summed E-state index contributed by atoms with van der Waals surface area (Å²) < 4.78 is 2.14. The van der Waals surface area contributed by atoms with Crippen LogP contribution in [0.3, 0.4) is 0 Å². The molecule has 1 N–H and O–H groups in total. The summed E-state index contributed by atoms with van der Waals surface area (Å²) in [5, 5.41) is 7.98. The van der Waals surface area contributed by atoms with Gasteiger partial charge in [0, 0.05) is 18.8 Å². The van der Waals surface area contributed by atoms with E-state index in [1.54, 1.807) is 0 Å². The molecule has 2 rings (SSSR count). The van der Waals surface area contributed by atoms with Gasteiger partial charge in [-0.25, -0.2) is 0 Å². The molecule has 1 saturated carbocycles. The zero-order valence-electron chi connectivity index (χ0n) is 10.0. The molecule has 3 heteroatoms. The second-order valence-electron chi connectivity index (χ2n) is 4.63. The van der Waals surface area contributed by atoms with Gasteiger partial charge in [0.2, 0.25) is 0 Å². The minimum Gasteiger partial charge on any atom is -0.305 e. The summed E-state index contributed by atoms with van der Waals surface area (Å²) in [5.74, 6) is 0. The SMILES string of the molecule is C=CC(C)NCc1ccn(C2CCCC2)n1. The smallest absolute Gasteiger partial charge is 0.0762 e. The molecule has 3 nitrogen and oxygen atoms in total. The lowest BCUT2D eigenvalue weighted by Crippen LogP contribution is -2.23. The maximum absolute atomic E-state index is 4.62. The van der Waals surface area contributed by atoms with E-state index in [1.165, 1.54) is 25.7 Å². The van der Waals surface area contributed by atoms with Gasteiger partial charge >= 0.3 is 0 Å². The van der Waals surface area contributed by atoms with E-state index in [-0.39, 0.29) is 0 Å². The largest absolute Gasteiger partial charge is 0.305 e. The van der Waals surface area contributed by atoms with Crippen molar-refractivity contribution in [2.24, 2.45) is 0 Å².